The number of halogens is 1. The Morgan fingerprint density at radius 1 is 0.974 bits per heavy atom. The zero-order chi connectivity index (χ0) is 27.6. The fraction of sp³-hybridized carbons (Fsp3) is 0.172. The number of nitrogens with zero attached hydrogens (tertiary/aromatic N) is 2. The molecule has 8 nitrogen and oxygen atoms in total. The van der Waals surface area contributed by atoms with E-state index in [0.29, 0.717) is 11.3 Å². The van der Waals surface area contributed by atoms with Gasteiger partial charge < -0.3 is 20.9 Å². The average molecular weight is 514 g/mol. The molecule has 0 spiro atoms. The number of anilines is 3. The van der Waals surface area contributed by atoms with E-state index in [0.717, 1.165) is 5.56 Å². The molecule has 0 aliphatic heterocycles. The Hall–Kier alpha value is -4.79. The third-order valence-electron chi connectivity index (χ3n) is 6.02. The number of aromatic nitrogens is 2. The van der Waals surface area contributed by atoms with Crippen molar-refractivity contribution in [2.24, 2.45) is 12.8 Å². The van der Waals surface area contributed by atoms with Gasteiger partial charge in [0.05, 0.1) is 11.4 Å². The van der Waals surface area contributed by atoms with E-state index in [1.165, 1.54) is 36.0 Å². The van der Waals surface area contributed by atoms with E-state index in [1.807, 2.05) is 12.1 Å². The lowest BCUT2D eigenvalue weighted by atomic mass is 9.87. The van der Waals surface area contributed by atoms with Crippen LogP contribution >= 0.6 is 0 Å². The topological polar surface area (TPSA) is 119 Å². The quantitative estimate of drug-likeness (QED) is 0.336. The van der Waals surface area contributed by atoms with Gasteiger partial charge in [0, 0.05) is 35.6 Å². The standard InChI is InChI=1S/C29H28FN5O3/c1-29(2,3)19-13-11-17(12-14-19)27(37)34-22-10-6-9-21(24(22)30)23-16-35(4)28(38)26(33-23)32-20-8-5-7-18(15-20)25(31)36/h5-16H,1-4H3,(H2,31,36)(H,32,33)(H,34,37). The van der Waals surface area contributed by atoms with Crippen molar-refractivity contribution in [2.45, 2.75) is 26.2 Å². The highest BCUT2D eigenvalue weighted by molar-refractivity contribution is 6.04. The first kappa shape index (κ1) is 26.3. The van der Waals surface area contributed by atoms with Gasteiger partial charge >= 0.3 is 0 Å². The van der Waals surface area contributed by atoms with Gasteiger partial charge in [-0.2, -0.15) is 0 Å². The van der Waals surface area contributed by atoms with E-state index in [-0.39, 0.29) is 33.7 Å². The molecule has 9 heteroatoms. The minimum absolute atomic E-state index is 0.0216. The molecule has 38 heavy (non-hydrogen) atoms. The number of carbonyl (C=O) groups excluding carboxylic acids is 2. The highest BCUT2D eigenvalue weighted by atomic mass is 19.1. The fourth-order valence-electron chi connectivity index (χ4n) is 3.85. The van der Waals surface area contributed by atoms with Gasteiger partial charge in [-0.15, -0.1) is 0 Å². The molecule has 0 bridgehead atoms. The number of carbonyl (C=O) groups is 2. The summed E-state index contributed by atoms with van der Waals surface area (Å²) in [4.78, 5) is 41.4. The van der Waals surface area contributed by atoms with Crippen molar-refractivity contribution in [3.05, 3.63) is 106 Å². The minimum atomic E-state index is -0.694. The summed E-state index contributed by atoms with van der Waals surface area (Å²) >= 11 is 0. The van der Waals surface area contributed by atoms with Crippen LogP contribution in [0.15, 0.2) is 77.7 Å². The molecule has 0 fully saturated rings. The van der Waals surface area contributed by atoms with Gasteiger partial charge in [0.1, 0.15) is 0 Å². The van der Waals surface area contributed by atoms with Gasteiger partial charge in [0.2, 0.25) is 5.91 Å². The largest absolute Gasteiger partial charge is 0.366 e. The molecular formula is C29H28FN5O3. The lowest BCUT2D eigenvalue weighted by Crippen LogP contribution is -2.22. The minimum Gasteiger partial charge on any atom is -0.366 e. The van der Waals surface area contributed by atoms with Crippen LogP contribution in [0.1, 0.15) is 47.1 Å². The smallest absolute Gasteiger partial charge is 0.293 e. The molecule has 0 radical (unpaired) electrons. The van der Waals surface area contributed by atoms with Gasteiger partial charge in [-0.25, -0.2) is 9.37 Å². The molecule has 0 saturated carbocycles. The number of rotatable bonds is 6. The van der Waals surface area contributed by atoms with Crippen molar-refractivity contribution in [3.8, 4) is 11.3 Å². The van der Waals surface area contributed by atoms with Crippen molar-refractivity contribution in [3.63, 3.8) is 0 Å². The predicted molar refractivity (Wildman–Crippen MR) is 146 cm³/mol. The summed E-state index contributed by atoms with van der Waals surface area (Å²) in [5.74, 6) is -1.83. The van der Waals surface area contributed by atoms with Crippen molar-refractivity contribution < 1.29 is 14.0 Å². The van der Waals surface area contributed by atoms with Crippen molar-refractivity contribution >= 4 is 29.0 Å². The van der Waals surface area contributed by atoms with Crippen LogP contribution < -0.4 is 21.9 Å². The number of nitrogens with one attached hydrogen (secondary N) is 2. The number of aryl methyl sites for hydroxylation is 1. The van der Waals surface area contributed by atoms with Crippen molar-refractivity contribution in [2.75, 3.05) is 10.6 Å². The van der Waals surface area contributed by atoms with E-state index in [2.05, 4.69) is 36.4 Å². The monoisotopic (exact) mass is 513 g/mol. The molecule has 0 aliphatic rings. The van der Waals surface area contributed by atoms with Gasteiger partial charge in [0.15, 0.2) is 11.6 Å². The lowest BCUT2D eigenvalue weighted by molar-refractivity contribution is 0.0997. The summed E-state index contributed by atoms with van der Waals surface area (Å²) in [6.07, 6.45) is 1.41. The molecule has 4 aromatic rings. The van der Waals surface area contributed by atoms with E-state index in [9.17, 15) is 14.4 Å². The lowest BCUT2D eigenvalue weighted by Gasteiger charge is -2.19. The molecule has 0 atom stereocenters. The summed E-state index contributed by atoms with van der Waals surface area (Å²) in [7, 11) is 1.52. The first-order valence-electron chi connectivity index (χ1n) is 11.9. The summed E-state index contributed by atoms with van der Waals surface area (Å²) in [6.45, 7) is 6.24. The van der Waals surface area contributed by atoms with Crippen LogP contribution in [0.2, 0.25) is 0 Å². The van der Waals surface area contributed by atoms with Crippen molar-refractivity contribution in [1.29, 1.82) is 0 Å². The summed E-state index contributed by atoms with van der Waals surface area (Å²) in [5, 5.41) is 5.50. The van der Waals surface area contributed by atoms with Crippen LogP contribution in [-0.4, -0.2) is 21.4 Å². The van der Waals surface area contributed by atoms with Crippen LogP contribution in [0.5, 0.6) is 0 Å². The third-order valence-corrected chi connectivity index (χ3v) is 6.02. The summed E-state index contributed by atoms with van der Waals surface area (Å²) < 4.78 is 16.8. The maximum Gasteiger partial charge on any atom is 0.293 e. The first-order chi connectivity index (χ1) is 17.9. The number of nitrogens with two attached hydrogens (primary N) is 1. The Labute approximate surface area is 219 Å². The normalized spacial score (nSPS) is 11.2. The highest BCUT2D eigenvalue weighted by Crippen LogP contribution is 2.28. The number of benzene rings is 3. The van der Waals surface area contributed by atoms with Crippen LogP contribution in [0.25, 0.3) is 11.3 Å². The van der Waals surface area contributed by atoms with Crippen LogP contribution in [0, 0.1) is 5.82 Å². The summed E-state index contributed by atoms with van der Waals surface area (Å²) in [6, 6.07) is 18.0. The zero-order valence-electron chi connectivity index (χ0n) is 21.5. The molecule has 4 rings (SSSR count). The molecule has 1 aromatic heterocycles. The maximum absolute atomic E-state index is 15.6. The number of hydrogen-bond donors (Lipinski definition) is 3. The van der Waals surface area contributed by atoms with Crippen LogP contribution in [0.3, 0.4) is 0 Å². The highest BCUT2D eigenvalue weighted by Gasteiger charge is 2.18. The van der Waals surface area contributed by atoms with Crippen LogP contribution in [-0.2, 0) is 12.5 Å². The second-order valence-corrected chi connectivity index (χ2v) is 9.91. The SMILES string of the molecule is Cn1cc(-c2cccc(NC(=O)c3ccc(C(C)(C)C)cc3)c2F)nc(Nc2cccc(C(N)=O)c2)c1=O. The Balaban J connectivity index is 1.64. The predicted octanol–water partition coefficient (Wildman–Crippen LogP) is 4.98. The molecule has 0 unspecified atom stereocenters. The van der Waals surface area contributed by atoms with Gasteiger partial charge in [-0.3, -0.25) is 14.4 Å². The maximum atomic E-state index is 15.6. The molecule has 0 aliphatic carbocycles. The number of hydrogen-bond acceptors (Lipinski definition) is 5. The molecule has 3 aromatic carbocycles. The van der Waals surface area contributed by atoms with E-state index in [1.54, 1.807) is 36.4 Å². The summed E-state index contributed by atoms with van der Waals surface area (Å²) in [5.41, 5.74) is 7.21. The van der Waals surface area contributed by atoms with Gasteiger partial charge in [0.25, 0.3) is 11.5 Å². The molecule has 4 N–H and O–H groups in total. The second kappa shape index (κ2) is 10.3. The van der Waals surface area contributed by atoms with Crippen molar-refractivity contribution in [1.82, 2.24) is 9.55 Å². The molecule has 2 amide bonds. The van der Waals surface area contributed by atoms with Gasteiger partial charge in [-0.05, 0) is 53.4 Å². The van der Waals surface area contributed by atoms with E-state index < -0.39 is 23.2 Å². The van der Waals surface area contributed by atoms with Gasteiger partial charge in [-0.1, -0.05) is 45.0 Å². The Bertz CT molecular complexity index is 1590. The molecular weight excluding hydrogens is 485 g/mol. The Morgan fingerprint density at radius 2 is 1.66 bits per heavy atom. The van der Waals surface area contributed by atoms with E-state index in [4.69, 9.17) is 5.73 Å². The number of amides is 2. The van der Waals surface area contributed by atoms with Crippen LogP contribution in [0.4, 0.5) is 21.6 Å². The third kappa shape index (κ3) is 5.62. The number of primary amides is 1. The molecule has 194 valence electrons. The Morgan fingerprint density at radius 3 is 2.32 bits per heavy atom. The Kier molecular flexibility index (Phi) is 7.12. The average Bonchev–Trinajstić information content (AvgIpc) is 2.87. The fourth-order valence-corrected chi connectivity index (χ4v) is 3.85. The molecule has 1 heterocycles. The van der Waals surface area contributed by atoms with E-state index >= 15 is 4.39 Å². The first-order valence-corrected chi connectivity index (χ1v) is 11.9. The zero-order valence-corrected chi connectivity index (χ0v) is 21.5. The second-order valence-electron chi connectivity index (χ2n) is 9.91. The molecule has 0 saturated heterocycles.